The first-order valence-corrected chi connectivity index (χ1v) is 14.4. The second-order valence-electron chi connectivity index (χ2n) is 10.5. The van der Waals surface area contributed by atoms with Gasteiger partial charge in [-0.05, 0) is 107 Å². The summed E-state index contributed by atoms with van der Waals surface area (Å²) in [5.74, 6) is 0. The minimum atomic E-state index is -4.13. The molecule has 2 N–H and O–H groups in total. The maximum absolute atomic E-state index is 13.7. The van der Waals surface area contributed by atoms with E-state index in [4.69, 9.17) is 0 Å². The first kappa shape index (κ1) is 26.0. The van der Waals surface area contributed by atoms with Crippen LogP contribution in [0.15, 0.2) is 18.5 Å². The van der Waals surface area contributed by atoms with Crippen molar-refractivity contribution in [1.29, 1.82) is 0 Å². The van der Waals surface area contributed by atoms with E-state index < -0.39 is 16.2 Å². The summed E-state index contributed by atoms with van der Waals surface area (Å²) in [6.45, 7) is 1.61. The summed E-state index contributed by atoms with van der Waals surface area (Å²) in [6.07, 6.45) is 13.0. The third-order valence-corrected chi connectivity index (χ3v) is 9.45. The fraction of sp³-hybridized carbons (Fsp3) is 0.600. The Morgan fingerprint density at radius 2 is 1.67 bits per heavy atom. The van der Waals surface area contributed by atoms with Gasteiger partial charge in [-0.1, -0.05) is 6.07 Å². The van der Waals surface area contributed by atoms with Crippen molar-refractivity contribution in [3.63, 3.8) is 0 Å². The second-order valence-corrected chi connectivity index (χ2v) is 12.1. The average Bonchev–Trinajstić information content (AvgIpc) is 3.19. The van der Waals surface area contributed by atoms with Gasteiger partial charge in [-0.25, -0.2) is 13.8 Å². The molecular weight excluding hydrogens is 487 g/mol. The van der Waals surface area contributed by atoms with E-state index in [1.807, 2.05) is 17.9 Å². The van der Waals surface area contributed by atoms with Crippen LogP contribution in [0.2, 0.25) is 0 Å². The van der Waals surface area contributed by atoms with Crippen LogP contribution in [0.3, 0.4) is 0 Å². The molecule has 1 saturated heterocycles. The maximum atomic E-state index is 13.7. The summed E-state index contributed by atoms with van der Waals surface area (Å²) >= 11 is 0. The van der Waals surface area contributed by atoms with E-state index in [9.17, 15) is 13.2 Å². The van der Waals surface area contributed by atoms with Gasteiger partial charge < -0.3 is 10.2 Å². The maximum Gasteiger partial charge on any atom is 0.334 e. The number of rotatable bonds is 6. The molecular formula is C25H34N6NaO3S. The van der Waals surface area contributed by atoms with Gasteiger partial charge in [0.15, 0.2) is 0 Å². The summed E-state index contributed by atoms with van der Waals surface area (Å²) in [6, 6.07) is 1.74. The van der Waals surface area contributed by atoms with Gasteiger partial charge in [0.05, 0.1) is 17.9 Å². The Bertz CT molecular complexity index is 1220. The molecule has 2 amide bonds. The topological polar surface area (TPSA) is 99.6 Å². The minimum absolute atomic E-state index is 0. The molecule has 11 heteroatoms. The van der Waals surface area contributed by atoms with Crippen molar-refractivity contribution in [3.05, 3.63) is 40.7 Å². The Kier molecular flexibility index (Phi) is 7.44. The Morgan fingerprint density at radius 3 is 2.28 bits per heavy atom. The molecule has 1 saturated carbocycles. The van der Waals surface area contributed by atoms with Crippen molar-refractivity contribution in [2.75, 3.05) is 29.8 Å². The zero-order chi connectivity index (χ0) is 24.2. The van der Waals surface area contributed by atoms with Crippen LogP contribution in [0.4, 0.5) is 16.2 Å². The van der Waals surface area contributed by atoms with Crippen LogP contribution in [0.1, 0.15) is 66.8 Å². The quantitative estimate of drug-likeness (QED) is 0.570. The van der Waals surface area contributed by atoms with E-state index in [0.717, 1.165) is 70.1 Å². The van der Waals surface area contributed by atoms with Crippen molar-refractivity contribution >= 4 is 57.2 Å². The molecule has 0 atom stereocenters. The molecule has 1 radical (unpaired) electrons. The third-order valence-electron chi connectivity index (χ3n) is 7.98. The second kappa shape index (κ2) is 10.3. The number of piperidine rings is 1. The SMILES string of the molecule is CN1CCC(N(c2cnn(C3CC3)c2)S(=O)(=O)NC(=O)Nc2c3c(cc4c2CCC4)CCC3)CC1.[Na]. The number of nitrogens with one attached hydrogen (secondary N) is 2. The monoisotopic (exact) mass is 521 g/mol. The van der Waals surface area contributed by atoms with Gasteiger partial charge in [0.25, 0.3) is 0 Å². The van der Waals surface area contributed by atoms with Gasteiger partial charge in [-0.3, -0.25) is 4.68 Å². The molecule has 1 aromatic heterocycles. The van der Waals surface area contributed by atoms with Crippen LogP contribution in [0.5, 0.6) is 0 Å². The zero-order valence-electron chi connectivity index (χ0n) is 21.3. The summed E-state index contributed by atoms with van der Waals surface area (Å²) in [5.41, 5.74) is 6.31. The molecule has 0 bridgehead atoms. The number of carbonyl (C=O) groups excluding carboxylic acids is 1. The molecule has 1 aromatic carbocycles. The smallest absolute Gasteiger partial charge is 0.307 e. The predicted octanol–water partition coefficient (Wildman–Crippen LogP) is 2.78. The zero-order valence-corrected chi connectivity index (χ0v) is 24.1. The predicted molar refractivity (Wildman–Crippen MR) is 141 cm³/mol. The first-order chi connectivity index (χ1) is 16.9. The van der Waals surface area contributed by atoms with Crippen LogP contribution in [0, 0.1) is 0 Å². The van der Waals surface area contributed by atoms with E-state index in [1.54, 1.807) is 6.20 Å². The number of hydrogen-bond acceptors (Lipinski definition) is 5. The average molecular weight is 522 g/mol. The van der Waals surface area contributed by atoms with Gasteiger partial charge in [-0.15, -0.1) is 0 Å². The van der Waals surface area contributed by atoms with Crippen molar-refractivity contribution < 1.29 is 13.2 Å². The fourth-order valence-electron chi connectivity index (χ4n) is 6.03. The number of carbonyl (C=O) groups is 1. The molecule has 3 aliphatic carbocycles. The van der Waals surface area contributed by atoms with Gasteiger partial charge >= 0.3 is 16.2 Å². The standard InChI is InChI=1S/C25H34N6O3S.Na/c1-29-12-10-20(11-13-29)31(21-15-26-30(16-21)19-8-9-19)35(33,34)28-25(32)27-24-22-6-2-4-17(22)14-18-5-3-7-23(18)24;/h14-16,19-20H,2-13H2,1H3,(H2,27,28,32);. The van der Waals surface area contributed by atoms with Gasteiger partial charge in [0.2, 0.25) is 0 Å². The van der Waals surface area contributed by atoms with E-state index in [-0.39, 0.29) is 35.6 Å². The van der Waals surface area contributed by atoms with Crippen molar-refractivity contribution in [2.45, 2.75) is 76.3 Å². The van der Waals surface area contributed by atoms with Crippen LogP contribution in [-0.2, 0) is 35.9 Å². The molecule has 0 unspecified atom stereocenters. The molecule has 4 aliphatic rings. The number of anilines is 2. The molecule has 2 fully saturated rings. The van der Waals surface area contributed by atoms with E-state index in [1.165, 1.54) is 26.6 Å². The van der Waals surface area contributed by atoms with Crippen molar-refractivity contribution in [3.8, 4) is 0 Å². The van der Waals surface area contributed by atoms with Gasteiger partial charge in [0, 0.05) is 47.5 Å². The van der Waals surface area contributed by atoms with E-state index in [2.05, 4.69) is 26.1 Å². The number of likely N-dealkylation sites (tertiary alicyclic amines) is 1. The molecule has 1 aliphatic heterocycles. The van der Waals surface area contributed by atoms with Crippen LogP contribution in [0.25, 0.3) is 0 Å². The minimum Gasteiger partial charge on any atom is -0.307 e. The largest absolute Gasteiger partial charge is 0.334 e. The number of urea groups is 1. The number of amides is 2. The number of benzene rings is 1. The number of hydrogen-bond donors (Lipinski definition) is 2. The van der Waals surface area contributed by atoms with Crippen LogP contribution < -0.4 is 14.3 Å². The van der Waals surface area contributed by atoms with E-state index >= 15 is 0 Å². The summed E-state index contributed by atoms with van der Waals surface area (Å²) in [4.78, 5) is 15.4. The summed E-state index contributed by atoms with van der Waals surface area (Å²) in [7, 11) is -2.09. The molecule has 189 valence electrons. The molecule has 36 heavy (non-hydrogen) atoms. The fourth-order valence-corrected chi connectivity index (χ4v) is 7.39. The number of fused-ring (bicyclic) bond motifs is 2. The van der Waals surface area contributed by atoms with Gasteiger partial charge in [0.1, 0.15) is 0 Å². The van der Waals surface area contributed by atoms with Crippen molar-refractivity contribution in [1.82, 2.24) is 19.4 Å². The van der Waals surface area contributed by atoms with Gasteiger partial charge in [-0.2, -0.15) is 13.5 Å². The Hall–Kier alpha value is -1.59. The van der Waals surface area contributed by atoms with Crippen LogP contribution in [-0.4, -0.2) is 84.9 Å². The number of nitrogens with zero attached hydrogens (tertiary/aromatic N) is 4. The Labute approximate surface area is 235 Å². The molecule has 0 spiro atoms. The molecule has 9 nitrogen and oxygen atoms in total. The van der Waals surface area contributed by atoms with E-state index in [0.29, 0.717) is 24.6 Å². The molecule has 2 aromatic rings. The normalized spacial score (nSPS) is 19.9. The van der Waals surface area contributed by atoms with Crippen molar-refractivity contribution in [2.24, 2.45) is 0 Å². The molecule has 6 rings (SSSR count). The number of aryl methyl sites for hydroxylation is 2. The molecule has 2 heterocycles. The number of aromatic nitrogens is 2. The first-order valence-electron chi connectivity index (χ1n) is 12.9. The van der Waals surface area contributed by atoms with Crippen LogP contribution >= 0.6 is 0 Å². The summed E-state index contributed by atoms with van der Waals surface area (Å²) < 4.78 is 32.9. The Morgan fingerprint density at radius 1 is 1.03 bits per heavy atom. The Balaban J connectivity index is 0.00000267. The summed E-state index contributed by atoms with van der Waals surface area (Å²) in [5, 5.41) is 7.38. The third kappa shape index (κ3) is 5.07.